The van der Waals surface area contributed by atoms with Gasteiger partial charge in [-0.15, -0.1) is 0 Å². The molecule has 104 valence electrons. The molecule has 0 radical (unpaired) electrons. The minimum Gasteiger partial charge on any atom is -0.496 e. The molecule has 0 saturated carbocycles. The Balaban J connectivity index is 2.12. The smallest absolute Gasteiger partial charge is 0.255 e. The number of ether oxygens (including phenoxy) is 2. The lowest BCUT2D eigenvalue weighted by Crippen LogP contribution is -2.12. The monoisotopic (exact) mass is 336 g/mol. The van der Waals surface area contributed by atoms with Gasteiger partial charge in [0, 0.05) is 11.6 Å². The lowest BCUT2D eigenvalue weighted by Gasteiger charge is -2.08. The molecule has 1 aromatic heterocycles. The van der Waals surface area contributed by atoms with Crippen LogP contribution < -0.4 is 14.8 Å². The predicted octanol–water partition coefficient (Wildman–Crippen LogP) is 3.11. The van der Waals surface area contributed by atoms with Gasteiger partial charge in [-0.1, -0.05) is 0 Å². The van der Waals surface area contributed by atoms with Crippen LogP contribution in [0.5, 0.6) is 11.6 Å². The van der Waals surface area contributed by atoms with E-state index in [9.17, 15) is 4.79 Å². The van der Waals surface area contributed by atoms with E-state index in [1.54, 1.807) is 37.4 Å². The number of aromatic nitrogens is 1. The van der Waals surface area contributed by atoms with E-state index >= 15 is 0 Å². The Morgan fingerprint density at radius 1 is 1.20 bits per heavy atom. The summed E-state index contributed by atoms with van der Waals surface area (Å²) in [4.78, 5) is 16.1. The highest BCUT2D eigenvalue weighted by atomic mass is 79.9. The molecule has 5 nitrogen and oxygen atoms in total. The second-order valence-electron chi connectivity index (χ2n) is 3.89. The Labute approximate surface area is 125 Å². The highest BCUT2D eigenvalue weighted by molar-refractivity contribution is 9.10. The summed E-state index contributed by atoms with van der Waals surface area (Å²) in [6, 6.07) is 8.52. The molecule has 1 N–H and O–H groups in total. The van der Waals surface area contributed by atoms with Crippen LogP contribution in [-0.2, 0) is 0 Å². The topological polar surface area (TPSA) is 60.5 Å². The van der Waals surface area contributed by atoms with Crippen molar-refractivity contribution in [3.63, 3.8) is 0 Å². The lowest BCUT2D eigenvalue weighted by molar-refractivity contribution is 0.102. The Kier molecular flexibility index (Phi) is 4.57. The molecule has 0 aliphatic heterocycles. The summed E-state index contributed by atoms with van der Waals surface area (Å²) < 4.78 is 10.8. The van der Waals surface area contributed by atoms with Crippen molar-refractivity contribution in [2.45, 2.75) is 0 Å². The first-order chi connectivity index (χ1) is 9.63. The number of halogens is 1. The van der Waals surface area contributed by atoms with Crippen LogP contribution in [0, 0.1) is 0 Å². The van der Waals surface area contributed by atoms with Gasteiger partial charge < -0.3 is 14.8 Å². The maximum atomic E-state index is 12.1. The Morgan fingerprint density at radius 3 is 2.55 bits per heavy atom. The number of nitrogens with zero attached hydrogens (tertiary/aromatic N) is 1. The van der Waals surface area contributed by atoms with E-state index in [2.05, 4.69) is 26.2 Å². The molecule has 2 aromatic rings. The van der Waals surface area contributed by atoms with E-state index in [0.29, 0.717) is 22.9 Å². The van der Waals surface area contributed by atoms with Crippen LogP contribution in [0.4, 0.5) is 5.69 Å². The number of amides is 1. The fraction of sp³-hybridized carbons (Fsp3) is 0.143. The number of carbonyl (C=O) groups excluding carboxylic acids is 1. The summed E-state index contributed by atoms with van der Waals surface area (Å²) in [6.07, 6.45) is 1.54. The highest BCUT2D eigenvalue weighted by Gasteiger charge is 2.09. The third kappa shape index (κ3) is 3.27. The third-order valence-corrected chi connectivity index (χ3v) is 3.24. The van der Waals surface area contributed by atoms with Gasteiger partial charge in [0.15, 0.2) is 0 Å². The van der Waals surface area contributed by atoms with Crippen LogP contribution in [0.3, 0.4) is 0 Å². The second kappa shape index (κ2) is 6.38. The van der Waals surface area contributed by atoms with Gasteiger partial charge in [0.2, 0.25) is 5.88 Å². The summed E-state index contributed by atoms with van der Waals surface area (Å²) in [5.41, 5.74) is 1.12. The molecule has 20 heavy (non-hydrogen) atoms. The molecular formula is C14H13BrN2O3. The number of nitrogens with one attached hydrogen (secondary N) is 1. The molecule has 0 spiro atoms. The molecule has 0 saturated heterocycles. The number of methoxy groups -OCH3 is 2. The first-order valence-electron chi connectivity index (χ1n) is 5.79. The van der Waals surface area contributed by atoms with Crippen molar-refractivity contribution in [3.8, 4) is 11.6 Å². The van der Waals surface area contributed by atoms with Crippen molar-refractivity contribution < 1.29 is 14.3 Å². The minimum atomic E-state index is -0.222. The number of carbonyl (C=O) groups is 1. The summed E-state index contributed by atoms with van der Waals surface area (Å²) in [5.74, 6) is 0.947. The average molecular weight is 337 g/mol. The SMILES string of the molecule is COc1ccc(NC(=O)c2ccc(OC)c(Br)c2)cn1. The number of anilines is 1. The van der Waals surface area contributed by atoms with Crippen molar-refractivity contribution >= 4 is 27.5 Å². The Bertz CT molecular complexity index is 614. The van der Waals surface area contributed by atoms with Gasteiger partial charge in [-0.05, 0) is 40.2 Å². The molecule has 0 fully saturated rings. The van der Waals surface area contributed by atoms with Crippen LogP contribution in [0.25, 0.3) is 0 Å². The lowest BCUT2D eigenvalue weighted by atomic mass is 10.2. The first-order valence-corrected chi connectivity index (χ1v) is 6.58. The normalized spacial score (nSPS) is 9.95. The fourth-order valence-electron chi connectivity index (χ4n) is 1.59. The van der Waals surface area contributed by atoms with E-state index < -0.39 is 0 Å². The predicted molar refractivity (Wildman–Crippen MR) is 79.4 cm³/mol. The van der Waals surface area contributed by atoms with Crippen molar-refractivity contribution in [1.29, 1.82) is 0 Å². The molecular weight excluding hydrogens is 324 g/mol. The van der Waals surface area contributed by atoms with Gasteiger partial charge in [-0.25, -0.2) is 4.98 Å². The zero-order chi connectivity index (χ0) is 14.5. The number of pyridine rings is 1. The first kappa shape index (κ1) is 14.3. The zero-order valence-electron chi connectivity index (χ0n) is 11.0. The Hall–Kier alpha value is -2.08. The van der Waals surface area contributed by atoms with Crippen LogP contribution >= 0.6 is 15.9 Å². The van der Waals surface area contributed by atoms with E-state index in [-0.39, 0.29) is 5.91 Å². The van der Waals surface area contributed by atoms with Crippen LogP contribution in [-0.4, -0.2) is 25.1 Å². The van der Waals surface area contributed by atoms with E-state index in [4.69, 9.17) is 9.47 Å². The summed E-state index contributed by atoms with van der Waals surface area (Å²) >= 11 is 3.35. The molecule has 1 heterocycles. The van der Waals surface area contributed by atoms with Crippen molar-refractivity contribution in [2.75, 3.05) is 19.5 Å². The van der Waals surface area contributed by atoms with Gasteiger partial charge in [0.1, 0.15) is 5.75 Å². The average Bonchev–Trinajstić information content (AvgIpc) is 2.48. The summed E-state index contributed by atoms with van der Waals surface area (Å²) in [5, 5.41) is 2.76. The van der Waals surface area contributed by atoms with Crippen molar-refractivity contribution in [2.24, 2.45) is 0 Å². The quantitative estimate of drug-likeness (QED) is 0.931. The minimum absolute atomic E-state index is 0.222. The number of hydrogen-bond donors (Lipinski definition) is 1. The van der Waals surface area contributed by atoms with Gasteiger partial charge in [-0.2, -0.15) is 0 Å². The van der Waals surface area contributed by atoms with E-state index in [0.717, 1.165) is 4.47 Å². The molecule has 0 aliphatic carbocycles. The standard InChI is InChI=1S/C14H13BrN2O3/c1-19-12-5-3-9(7-11(12)15)14(18)17-10-4-6-13(20-2)16-8-10/h3-8H,1-2H3,(H,17,18). The molecule has 0 unspecified atom stereocenters. The molecule has 6 heteroatoms. The van der Waals surface area contributed by atoms with Gasteiger partial charge in [0.25, 0.3) is 5.91 Å². The van der Waals surface area contributed by atoms with E-state index in [1.807, 2.05) is 0 Å². The third-order valence-electron chi connectivity index (χ3n) is 2.62. The Morgan fingerprint density at radius 2 is 2.00 bits per heavy atom. The number of benzene rings is 1. The second-order valence-corrected chi connectivity index (χ2v) is 4.75. The molecule has 2 rings (SSSR count). The van der Waals surface area contributed by atoms with Gasteiger partial charge in [0.05, 0.1) is 30.6 Å². The zero-order valence-corrected chi connectivity index (χ0v) is 12.6. The highest BCUT2D eigenvalue weighted by Crippen LogP contribution is 2.25. The maximum Gasteiger partial charge on any atom is 0.255 e. The van der Waals surface area contributed by atoms with Crippen LogP contribution in [0.2, 0.25) is 0 Å². The number of hydrogen-bond acceptors (Lipinski definition) is 4. The molecule has 0 bridgehead atoms. The molecule has 0 aliphatic rings. The maximum absolute atomic E-state index is 12.1. The molecule has 0 atom stereocenters. The summed E-state index contributed by atoms with van der Waals surface area (Å²) in [6.45, 7) is 0. The molecule has 1 aromatic carbocycles. The van der Waals surface area contributed by atoms with Crippen LogP contribution in [0.15, 0.2) is 41.0 Å². The van der Waals surface area contributed by atoms with Crippen molar-refractivity contribution in [1.82, 2.24) is 4.98 Å². The van der Waals surface area contributed by atoms with Crippen molar-refractivity contribution in [3.05, 3.63) is 46.6 Å². The molecule has 1 amide bonds. The van der Waals surface area contributed by atoms with Gasteiger partial charge >= 0.3 is 0 Å². The number of rotatable bonds is 4. The van der Waals surface area contributed by atoms with Crippen LogP contribution in [0.1, 0.15) is 10.4 Å². The largest absolute Gasteiger partial charge is 0.496 e. The van der Waals surface area contributed by atoms with E-state index in [1.165, 1.54) is 13.3 Å². The fourth-order valence-corrected chi connectivity index (χ4v) is 2.13. The van der Waals surface area contributed by atoms with Gasteiger partial charge in [-0.3, -0.25) is 4.79 Å². The summed E-state index contributed by atoms with van der Waals surface area (Å²) in [7, 11) is 3.11.